The molecule has 2 fully saturated rings. The fourth-order valence-corrected chi connectivity index (χ4v) is 5.54. The summed E-state index contributed by atoms with van der Waals surface area (Å²) in [5.41, 5.74) is -1.54. The van der Waals surface area contributed by atoms with E-state index in [1.807, 2.05) is 6.07 Å². The van der Waals surface area contributed by atoms with Crippen LogP contribution in [0, 0.1) is 11.7 Å². The number of rotatable bonds is 3. The lowest BCUT2D eigenvalue weighted by Crippen LogP contribution is -2.61. The van der Waals surface area contributed by atoms with Gasteiger partial charge in [-0.25, -0.2) is 4.39 Å². The van der Waals surface area contributed by atoms with Gasteiger partial charge < -0.3 is 14.5 Å². The molecule has 1 aliphatic carbocycles. The number of ether oxygens (including phenoxy) is 1. The first-order valence-corrected chi connectivity index (χ1v) is 11.8. The Bertz CT molecular complexity index is 1270. The number of hydrogen-bond acceptors (Lipinski definition) is 4. The highest BCUT2D eigenvalue weighted by Gasteiger charge is 2.62. The molecule has 11 heteroatoms. The molecule has 3 aliphatic heterocycles. The van der Waals surface area contributed by atoms with E-state index in [1.54, 1.807) is 17.0 Å². The van der Waals surface area contributed by atoms with Gasteiger partial charge in [-0.05, 0) is 47.7 Å². The highest BCUT2D eigenvalue weighted by molar-refractivity contribution is 6.35. The number of halogens is 6. The van der Waals surface area contributed by atoms with Crippen LogP contribution in [0.5, 0.6) is 0 Å². The maximum Gasteiger partial charge on any atom is 0.435 e. The van der Waals surface area contributed by atoms with Crippen LogP contribution < -0.4 is 0 Å². The van der Waals surface area contributed by atoms with Crippen molar-refractivity contribution >= 4 is 34.8 Å². The molecule has 0 radical (unpaired) electrons. The molecule has 3 heterocycles. The van der Waals surface area contributed by atoms with Crippen molar-refractivity contribution in [2.45, 2.75) is 43.2 Å². The van der Waals surface area contributed by atoms with Gasteiger partial charge in [-0.15, -0.1) is 0 Å². The number of oxime groups is 1. The summed E-state index contributed by atoms with van der Waals surface area (Å²) < 4.78 is 62.7. The van der Waals surface area contributed by atoms with Gasteiger partial charge in [-0.1, -0.05) is 40.5 Å². The third-order valence-electron chi connectivity index (χ3n) is 7.20. The van der Waals surface area contributed by atoms with Gasteiger partial charge in [0.25, 0.3) is 5.60 Å². The van der Waals surface area contributed by atoms with Crippen LogP contribution in [0.25, 0.3) is 0 Å². The highest BCUT2D eigenvalue weighted by Crippen LogP contribution is 2.51. The van der Waals surface area contributed by atoms with Gasteiger partial charge in [0.1, 0.15) is 5.60 Å². The topological polar surface area (TPSA) is 51.1 Å². The van der Waals surface area contributed by atoms with E-state index in [0.717, 1.165) is 36.1 Å². The van der Waals surface area contributed by atoms with Gasteiger partial charge >= 0.3 is 6.18 Å². The van der Waals surface area contributed by atoms with E-state index in [1.165, 1.54) is 0 Å². The fourth-order valence-electron chi connectivity index (χ4n) is 5.05. The Kier molecular flexibility index (Phi) is 4.99. The lowest BCUT2D eigenvalue weighted by Gasteiger charge is -2.47. The molecule has 0 N–H and O–H groups in total. The highest BCUT2D eigenvalue weighted by atomic mass is 35.5. The van der Waals surface area contributed by atoms with Crippen LogP contribution in [0.15, 0.2) is 35.5 Å². The molecule has 0 bridgehead atoms. The number of carbonyl (C=O) groups excluding carboxylic acids is 1. The number of alkyl halides is 3. The van der Waals surface area contributed by atoms with Gasteiger partial charge in [0.15, 0.2) is 5.82 Å². The van der Waals surface area contributed by atoms with Gasteiger partial charge in [-0.3, -0.25) is 4.79 Å². The first-order chi connectivity index (χ1) is 16.5. The predicted octanol–water partition coefficient (Wildman–Crippen LogP) is 5.69. The molecule has 1 atom stereocenters. The van der Waals surface area contributed by atoms with Crippen molar-refractivity contribution in [1.82, 2.24) is 4.90 Å². The Labute approximate surface area is 207 Å². The van der Waals surface area contributed by atoms with E-state index < -0.39 is 45.2 Å². The minimum absolute atomic E-state index is 0.0850. The van der Waals surface area contributed by atoms with Crippen LogP contribution in [0.2, 0.25) is 10.0 Å². The molecule has 1 saturated carbocycles. The first-order valence-electron chi connectivity index (χ1n) is 11.1. The quantitative estimate of drug-likeness (QED) is 0.379. The van der Waals surface area contributed by atoms with Crippen LogP contribution in [0.3, 0.4) is 0 Å². The van der Waals surface area contributed by atoms with E-state index >= 15 is 0 Å². The van der Waals surface area contributed by atoms with Crippen molar-refractivity contribution < 1.29 is 31.9 Å². The Morgan fingerprint density at radius 3 is 2.43 bits per heavy atom. The normalized spacial score (nSPS) is 24.7. The van der Waals surface area contributed by atoms with E-state index in [-0.39, 0.29) is 24.1 Å². The summed E-state index contributed by atoms with van der Waals surface area (Å²) >= 11 is 11.5. The fraction of sp³-hybridized carbons (Fsp3) is 0.417. The summed E-state index contributed by atoms with van der Waals surface area (Å²) in [4.78, 5) is 19.1. The number of benzene rings is 2. The summed E-state index contributed by atoms with van der Waals surface area (Å²) in [5.74, 6) is -0.712. The lowest BCUT2D eigenvalue weighted by molar-refractivity contribution is -0.275. The van der Waals surface area contributed by atoms with Crippen molar-refractivity contribution in [2.24, 2.45) is 11.1 Å². The van der Waals surface area contributed by atoms with E-state index in [4.69, 9.17) is 32.8 Å². The molecule has 1 amide bonds. The van der Waals surface area contributed by atoms with Crippen LogP contribution in [0.1, 0.15) is 41.5 Å². The minimum Gasteiger partial charge on any atom is -0.374 e. The number of likely N-dealkylation sites (tertiary alicyclic amines) is 1. The van der Waals surface area contributed by atoms with Crippen LogP contribution in [-0.4, -0.2) is 35.8 Å². The van der Waals surface area contributed by atoms with Gasteiger partial charge in [0, 0.05) is 17.9 Å². The third-order valence-corrected chi connectivity index (χ3v) is 7.75. The maximum atomic E-state index is 14.3. The molecule has 184 valence electrons. The summed E-state index contributed by atoms with van der Waals surface area (Å²) in [7, 11) is 0. The average molecular weight is 529 g/mol. The zero-order valence-corrected chi connectivity index (χ0v) is 19.6. The first kappa shape index (κ1) is 23.1. The van der Waals surface area contributed by atoms with Crippen LogP contribution in [-0.2, 0) is 32.2 Å². The van der Waals surface area contributed by atoms with E-state index in [0.29, 0.717) is 18.7 Å². The molecule has 0 aromatic heterocycles. The molecular weight excluding hydrogens is 511 g/mol. The standard InChI is InChI=1S/C24H18Cl2F4N2O3/c25-17-6-15(7-18(26)20(17)27)23(24(28,29)30)8-19(31-35-23)13-3-4-16-14(5-13)9-34-22(16)10-32(11-22)21(33)12-1-2-12/h3-7,12H,1-2,8-11H2. The SMILES string of the molecule is O=C(C1CC1)N1CC2(C1)OCc1cc(C3=NOC(c4cc(Cl)c(F)c(Cl)c4)(C(F)(F)F)C3)ccc12. The van der Waals surface area contributed by atoms with Gasteiger partial charge in [-0.2, -0.15) is 13.2 Å². The smallest absolute Gasteiger partial charge is 0.374 e. The zero-order chi connectivity index (χ0) is 24.8. The Morgan fingerprint density at radius 1 is 1.11 bits per heavy atom. The Morgan fingerprint density at radius 2 is 1.80 bits per heavy atom. The second-order valence-electron chi connectivity index (χ2n) is 9.51. The van der Waals surface area contributed by atoms with Crippen LogP contribution in [0.4, 0.5) is 17.6 Å². The van der Waals surface area contributed by atoms with Crippen molar-refractivity contribution in [1.29, 1.82) is 0 Å². The van der Waals surface area contributed by atoms with Gasteiger partial charge in [0.05, 0.1) is 35.5 Å². The largest absolute Gasteiger partial charge is 0.435 e. The van der Waals surface area contributed by atoms with Gasteiger partial charge in [0.2, 0.25) is 5.91 Å². The molecule has 1 saturated heterocycles. The Hall–Kier alpha value is -2.36. The number of carbonyl (C=O) groups is 1. The lowest BCUT2D eigenvalue weighted by atomic mass is 9.83. The Balaban J connectivity index is 1.26. The van der Waals surface area contributed by atoms with Crippen LogP contribution >= 0.6 is 23.2 Å². The summed E-state index contributed by atoms with van der Waals surface area (Å²) in [5, 5.41) is 2.69. The second kappa shape index (κ2) is 7.57. The van der Waals surface area contributed by atoms with Crippen molar-refractivity contribution in [3.05, 3.63) is 68.4 Å². The summed E-state index contributed by atoms with van der Waals surface area (Å²) in [6.45, 7) is 1.24. The molecule has 1 spiro atoms. The monoisotopic (exact) mass is 528 g/mol. The molecular formula is C24H18Cl2F4N2O3. The number of amides is 1. The maximum absolute atomic E-state index is 14.3. The zero-order valence-electron chi connectivity index (χ0n) is 18.1. The number of nitrogens with zero attached hydrogens (tertiary/aromatic N) is 2. The number of fused-ring (bicyclic) bond motifs is 2. The molecule has 2 aromatic rings. The molecule has 6 rings (SSSR count). The summed E-state index contributed by atoms with van der Waals surface area (Å²) in [6.07, 6.45) is -3.65. The van der Waals surface area contributed by atoms with Crippen molar-refractivity contribution in [3.8, 4) is 0 Å². The second-order valence-corrected chi connectivity index (χ2v) is 10.3. The van der Waals surface area contributed by atoms with E-state index in [2.05, 4.69) is 5.16 Å². The molecule has 1 unspecified atom stereocenters. The average Bonchev–Trinajstić information content (AvgIpc) is 3.40. The molecule has 5 nitrogen and oxygen atoms in total. The minimum atomic E-state index is -4.88. The molecule has 2 aromatic carbocycles. The summed E-state index contributed by atoms with van der Waals surface area (Å²) in [6, 6.07) is 6.97. The predicted molar refractivity (Wildman–Crippen MR) is 119 cm³/mol. The number of hydrogen-bond donors (Lipinski definition) is 0. The van der Waals surface area contributed by atoms with Crippen molar-refractivity contribution in [3.63, 3.8) is 0 Å². The van der Waals surface area contributed by atoms with E-state index in [9.17, 15) is 22.4 Å². The molecule has 4 aliphatic rings. The third kappa shape index (κ3) is 3.46. The molecule has 35 heavy (non-hydrogen) atoms. The van der Waals surface area contributed by atoms with Crippen molar-refractivity contribution in [2.75, 3.05) is 13.1 Å².